The third-order valence-electron chi connectivity index (χ3n) is 4.47. The number of benzene rings is 2. The molecule has 2 aromatic heterocycles. The van der Waals surface area contributed by atoms with Gasteiger partial charge in [0.25, 0.3) is 5.91 Å². The molecule has 0 unspecified atom stereocenters. The van der Waals surface area contributed by atoms with Crippen LogP contribution < -0.4 is 11.0 Å². The van der Waals surface area contributed by atoms with Gasteiger partial charge in [-0.3, -0.25) is 9.48 Å². The van der Waals surface area contributed by atoms with Gasteiger partial charge in [0.15, 0.2) is 0 Å². The van der Waals surface area contributed by atoms with E-state index in [2.05, 4.69) is 25.4 Å². The number of fused-ring (bicyclic) bond motifs is 1. The molecule has 2 aromatic carbocycles. The van der Waals surface area contributed by atoms with Crippen LogP contribution in [0.3, 0.4) is 0 Å². The Balaban J connectivity index is 1.63. The molecule has 0 radical (unpaired) electrons. The van der Waals surface area contributed by atoms with Crippen molar-refractivity contribution in [1.29, 1.82) is 0 Å². The molecular weight excluding hydrogens is 356 g/mol. The molecule has 28 heavy (non-hydrogen) atoms. The van der Waals surface area contributed by atoms with E-state index in [0.29, 0.717) is 23.9 Å². The van der Waals surface area contributed by atoms with Crippen LogP contribution in [0.5, 0.6) is 0 Å². The van der Waals surface area contributed by atoms with Crippen molar-refractivity contribution in [2.24, 2.45) is 0 Å². The fourth-order valence-corrected chi connectivity index (χ4v) is 3.12. The van der Waals surface area contributed by atoms with E-state index in [4.69, 9.17) is 0 Å². The number of para-hydroxylation sites is 1. The summed E-state index contributed by atoms with van der Waals surface area (Å²) in [6, 6.07) is 16.5. The molecule has 8 heteroatoms. The van der Waals surface area contributed by atoms with Crippen LogP contribution in [-0.4, -0.2) is 30.6 Å². The number of carbonyl (C=O) groups is 1. The fourth-order valence-electron chi connectivity index (χ4n) is 3.12. The van der Waals surface area contributed by atoms with Gasteiger partial charge in [0.1, 0.15) is 18.3 Å². The Labute approximate surface area is 160 Å². The molecule has 2 N–H and O–H groups in total. The first-order valence-electron chi connectivity index (χ1n) is 8.88. The monoisotopic (exact) mass is 374 g/mol. The van der Waals surface area contributed by atoms with E-state index < -0.39 is 11.6 Å². The lowest BCUT2D eigenvalue weighted by molar-refractivity contribution is 0.0929. The number of nitrogens with zero attached hydrogens (tertiary/aromatic N) is 4. The summed E-state index contributed by atoms with van der Waals surface area (Å²) in [5.41, 5.74) is 1.10. The largest absolute Gasteiger partial charge is 0.346 e. The van der Waals surface area contributed by atoms with Gasteiger partial charge in [-0.1, -0.05) is 48.5 Å². The number of nitrogens with one attached hydrogen (secondary N) is 2. The second kappa shape index (κ2) is 7.83. The summed E-state index contributed by atoms with van der Waals surface area (Å²) >= 11 is 0. The smallest absolute Gasteiger partial charge is 0.344 e. The maximum Gasteiger partial charge on any atom is 0.346 e. The number of amides is 1. The first kappa shape index (κ1) is 17.6. The molecule has 0 aliphatic rings. The van der Waals surface area contributed by atoms with Crippen LogP contribution in [-0.2, 0) is 6.54 Å². The number of rotatable bonds is 6. The van der Waals surface area contributed by atoms with E-state index in [9.17, 15) is 9.59 Å². The van der Waals surface area contributed by atoms with E-state index in [0.717, 1.165) is 5.56 Å². The Kier molecular flexibility index (Phi) is 4.92. The molecule has 1 amide bonds. The quantitative estimate of drug-likeness (QED) is 0.537. The number of hydrogen-bond acceptors (Lipinski definition) is 5. The Morgan fingerprint density at radius 1 is 1.11 bits per heavy atom. The summed E-state index contributed by atoms with van der Waals surface area (Å²) in [7, 11) is 0. The Bertz CT molecular complexity index is 1140. The van der Waals surface area contributed by atoms with Crippen LogP contribution in [0.25, 0.3) is 10.9 Å². The highest BCUT2D eigenvalue weighted by atomic mass is 16.2. The van der Waals surface area contributed by atoms with Crippen LogP contribution in [0.4, 0.5) is 0 Å². The second-order valence-corrected chi connectivity index (χ2v) is 6.32. The maximum absolute atomic E-state index is 13.0. The molecule has 0 bridgehead atoms. The van der Waals surface area contributed by atoms with Gasteiger partial charge in [0.05, 0.1) is 11.6 Å². The van der Waals surface area contributed by atoms with Crippen molar-refractivity contribution >= 4 is 16.8 Å². The number of hydrogen-bond donors (Lipinski definition) is 2. The molecule has 0 saturated carbocycles. The van der Waals surface area contributed by atoms with Crippen molar-refractivity contribution in [2.75, 3.05) is 0 Å². The molecule has 140 valence electrons. The first-order valence-corrected chi connectivity index (χ1v) is 8.88. The van der Waals surface area contributed by atoms with Crippen molar-refractivity contribution in [3.05, 3.63) is 89.0 Å². The molecule has 0 fully saturated rings. The predicted molar refractivity (Wildman–Crippen MR) is 104 cm³/mol. The van der Waals surface area contributed by atoms with Gasteiger partial charge < -0.3 is 10.3 Å². The minimum Gasteiger partial charge on any atom is -0.344 e. The number of aromatic nitrogens is 5. The molecule has 2 heterocycles. The molecule has 0 saturated heterocycles. The number of carbonyl (C=O) groups excluding carboxylic acids is 1. The number of aryl methyl sites for hydroxylation is 1. The zero-order valence-electron chi connectivity index (χ0n) is 14.9. The maximum atomic E-state index is 13.0. The van der Waals surface area contributed by atoms with Gasteiger partial charge in [0, 0.05) is 11.9 Å². The number of H-pyrrole nitrogens is 1. The van der Waals surface area contributed by atoms with E-state index in [-0.39, 0.29) is 11.7 Å². The van der Waals surface area contributed by atoms with E-state index in [1.165, 1.54) is 6.33 Å². The predicted octanol–water partition coefficient (Wildman–Crippen LogP) is 2.08. The van der Waals surface area contributed by atoms with Crippen LogP contribution in [0.1, 0.15) is 28.5 Å². The highest BCUT2D eigenvalue weighted by molar-refractivity contribution is 6.04. The fraction of sp³-hybridized carbons (Fsp3) is 0.150. The van der Waals surface area contributed by atoms with Gasteiger partial charge >= 0.3 is 5.69 Å². The van der Waals surface area contributed by atoms with Crippen molar-refractivity contribution in [3.63, 3.8) is 0 Å². The van der Waals surface area contributed by atoms with Crippen molar-refractivity contribution in [3.8, 4) is 0 Å². The number of aromatic amines is 1. The molecule has 4 aromatic rings. The lowest BCUT2D eigenvalue weighted by Crippen LogP contribution is -2.32. The van der Waals surface area contributed by atoms with Gasteiger partial charge in [-0.2, -0.15) is 10.1 Å². The van der Waals surface area contributed by atoms with Crippen LogP contribution in [0.2, 0.25) is 0 Å². The minimum absolute atomic E-state index is 0.112. The van der Waals surface area contributed by atoms with Gasteiger partial charge in [-0.25, -0.2) is 9.78 Å². The van der Waals surface area contributed by atoms with Crippen LogP contribution >= 0.6 is 0 Å². The lowest BCUT2D eigenvalue weighted by atomic mass is 10.0. The zero-order valence-corrected chi connectivity index (χ0v) is 14.9. The molecule has 1 atom stereocenters. The van der Waals surface area contributed by atoms with Gasteiger partial charge in [-0.05, 0) is 18.1 Å². The standard InChI is InChI=1S/C20H18N6O2/c27-19(18-15-8-4-5-9-17(15)24-20(28)25-18)23-16(14-6-2-1-3-7-14)10-11-26-13-21-12-22-26/h1-9,12-13,16H,10-11H2,(H,23,27)(H,24,25,28)/t16-/m1/s1. The van der Waals surface area contributed by atoms with Crippen LogP contribution in [0.15, 0.2) is 72.0 Å². The molecule has 0 aliphatic carbocycles. The molecule has 0 spiro atoms. The van der Waals surface area contributed by atoms with Crippen molar-refractivity contribution in [2.45, 2.75) is 19.0 Å². The summed E-state index contributed by atoms with van der Waals surface area (Å²) in [5, 5.41) is 7.72. The first-order chi connectivity index (χ1) is 13.7. The Morgan fingerprint density at radius 3 is 2.68 bits per heavy atom. The average molecular weight is 374 g/mol. The van der Waals surface area contributed by atoms with E-state index in [1.807, 2.05) is 30.3 Å². The highest BCUT2D eigenvalue weighted by Crippen LogP contribution is 2.19. The van der Waals surface area contributed by atoms with E-state index in [1.54, 1.807) is 35.3 Å². The SMILES string of the molecule is O=C(N[C@H](CCn1cncn1)c1ccccc1)c1nc(=O)[nH]c2ccccc12. The molecule has 8 nitrogen and oxygen atoms in total. The third-order valence-corrected chi connectivity index (χ3v) is 4.47. The Morgan fingerprint density at radius 2 is 1.89 bits per heavy atom. The topological polar surface area (TPSA) is 106 Å². The third kappa shape index (κ3) is 3.80. The molecule has 0 aliphatic heterocycles. The summed E-state index contributed by atoms with van der Waals surface area (Å²) in [6.45, 7) is 0.587. The summed E-state index contributed by atoms with van der Waals surface area (Å²) < 4.78 is 1.71. The normalized spacial score (nSPS) is 12.0. The second-order valence-electron chi connectivity index (χ2n) is 6.32. The minimum atomic E-state index is -0.553. The lowest BCUT2D eigenvalue weighted by Gasteiger charge is -2.19. The van der Waals surface area contributed by atoms with Crippen LogP contribution in [0, 0.1) is 0 Å². The summed E-state index contributed by atoms with van der Waals surface area (Å²) in [6.07, 6.45) is 3.72. The summed E-state index contributed by atoms with van der Waals surface area (Å²) in [5.74, 6) is -0.394. The highest BCUT2D eigenvalue weighted by Gasteiger charge is 2.19. The van der Waals surface area contributed by atoms with Crippen molar-refractivity contribution < 1.29 is 4.79 Å². The van der Waals surface area contributed by atoms with Gasteiger partial charge in [0.2, 0.25) is 0 Å². The van der Waals surface area contributed by atoms with Crippen molar-refractivity contribution in [1.82, 2.24) is 30.0 Å². The molecular formula is C20H18N6O2. The van der Waals surface area contributed by atoms with Gasteiger partial charge in [-0.15, -0.1) is 0 Å². The Hall–Kier alpha value is -3.81. The summed E-state index contributed by atoms with van der Waals surface area (Å²) in [4.78, 5) is 35.4. The average Bonchev–Trinajstić information content (AvgIpc) is 3.24. The molecule has 4 rings (SSSR count). The van der Waals surface area contributed by atoms with E-state index >= 15 is 0 Å². The zero-order chi connectivity index (χ0) is 19.3.